The first-order chi connectivity index (χ1) is 10.8. The van der Waals surface area contributed by atoms with Gasteiger partial charge in [0.05, 0.1) is 16.9 Å². The SMILES string of the molecule is CC(C)(C)OC(=O)N1CCC=C(c2nsc3c(F)cccc23)C1. The summed E-state index contributed by atoms with van der Waals surface area (Å²) in [6.07, 6.45) is 2.48. The Morgan fingerprint density at radius 1 is 1.39 bits per heavy atom. The van der Waals surface area contributed by atoms with Crippen molar-refractivity contribution < 1.29 is 13.9 Å². The minimum atomic E-state index is -0.519. The molecular formula is C17H19FN2O2S. The predicted molar refractivity (Wildman–Crippen MR) is 90.0 cm³/mol. The summed E-state index contributed by atoms with van der Waals surface area (Å²) in [4.78, 5) is 13.9. The van der Waals surface area contributed by atoms with E-state index in [4.69, 9.17) is 4.74 Å². The van der Waals surface area contributed by atoms with Gasteiger partial charge in [0.2, 0.25) is 0 Å². The van der Waals surface area contributed by atoms with Gasteiger partial charge in [-0.3, -0.25) is 0 Å². The number of carbonyl (C=O) groups is 1. The first-order valence-electron chi connectivity index (χ1n) is 7.56. The zero-order valence-corrected chi connectivity index (χ0v) is 14.2. The maximum absolute atomic E-state index is 13.8. The van der Waals surface area contributed by atoms with Crippen LogP contribution in [-0.2, 0) is 4.74 Å². The van der Waals surface area contributed by atoms with Gasteiger partial charge in [0.1, 0.15) is 11.4 Å². The fourth-order valence-electron chi connectivity index (χ4n) is 2.56. The highest BCUT2D eigenvalue weighted by Gasteiger charge is 2.26. The number of fused-ring (bicyclic) bond motifs is 1. The van der Waals surface area contributed by atoms with E-state index in [1.807, 2.05) is 26.8 Å². The molecule has 1 aromatic carbocycles. The van der Waals surface area contributed by atoms with Crippen LogP contribution in [0.5, 0.6) is 0 Å². The van der Waals surface area contributed by atoms with Crippen LogP contribution in [0.25, 0.3) is 15.7 Å². The van der Waals surface area contributed by atoms with Crippen molar-refractivity contribution in [3.63, 3.8) is 0 Å². The monoisotopic (exact) mass is 334 g/mol. The maximum atomic E-state index is 13.8. The Hall–Kier alpha value is -1.95. The quantitative estimate of drug-likeness (QED) is 0.773. The van der Waals surface area contributed by atoms with Crippen LogP contribution in [0.3, 0.4) is 0 Å². The zero-order chi connectivity index (χ0) is 16.6. The number of amides is 1. The van der Waals surface area contributed by atoms with Gasteiger partial charge in [-0.25, -0.2) is 9.18 Å². The van der Waals surface area contributed by atoms with Crippen molar-refractivity contribution in [2.45, 2.75) is 32.8 Å². The second-order valence-electron chi connectivity index (χ2n) is 6.57. The lowest BCUT2D eigenvalue weighted by Gasteiger charge is -2.30. The molecule has 1 amide bonds. The Morgan fingerprint density at radius 2 is 2.17 bits per heavy atom. The van der Waals surface area contributed by atoms with Crippen LogP contribution < -0.4 is 0 Å². The molecule has 0 bridgehead atoms. The Bertz CT molecular complexity index is 776. The average Bonchev–Trinajstić information content (AvgIpc) is 2.91. The zero-order valence-electron chi connectivity index (χ0n) is 13.4. The number of benzene rings is 1. The summed E-state index contributed by atoms with van der Waals surface area (Å²) in [5, 5.41) is 0.798. The topological polar surface area (TPSA) is 42.4 Å². The van der Waals surface area contributed by atoms with Crippen LogP contribution in [0, 0.1) is 5.82 Å². The molecule has 1 aliphatic heterocycles. The van der Waals surface area contributed by atoms with Crippen LogP contribution >= 0.6 is 11.5 Å². The van der Waals surface area contributed by atoms with Gasteiger partial charge in [-0.2, -0.15) is 4.37 Å². The van der Waals surface area contributed by atoms with E-state index in [1.54, 1.807) is 11.0 Å². The Labute approximate surface area is 138 Å². The van der Waals surface area contributed by atoms with Gasteiger partial charge in [0.25, 0.3) is 0 Å². The van der Waals surface area contributed by atoms with Gasteiger partial charge >= 0.3 is 6.09 Å². The highest BCUT2D eigenvalue weighted by atomic mass is 32.1. The number of ether oxygens (including phenoxy) is 1. The predicted octanol–water partition coefficient (Wildman–Crippen LogP) is 4.46. The molecule has 1 aliphatic rings. The molecule has 23 heavy (non-hydrogen) atoms. The Balaban J connectivity index is 1.85. The molecule has 0 N–H and O–H groups in total. The van der Waals surface area contributed by atoms with Crippen LogP contribution in [0.2, 0.25) is 0 Å². The minimum Gasteiger partial charge on any atom is -0.444 e. The fraction of sp³-hybridized carbons (Fsp3) is 0.412. The Kier molecular flexibility index (Phi) is 4.10. The molecule has 0 atom stereocenters. The van der Waals surface area contributed by atoms with Crippen molar-refractivity contribution in [2.24, 2.45) is 0 Å². The van der Waals surface area contributed by atoms with Crippen molar-refractivity contribution in [1.82, 2.24) is 9.27 Å². The van der Waals surface area contributed by atoms with E-state index in [1.165, 1.54) is 6.07 Å². The highest BCUT2D eigenvalue weighted by Crippen LogP contribution is 2.31. The van der Waals surface area contributed by atoms with Crippen LogP contribution in [0.1, 0.15) is 32.9 Å². The number of halogens is 1. The molecule has 2 aromatic rings. The molecule has 0 saturated carbocycles. The summed E-state index contributed by atoms with van der Waals surface area (Å²) in [7, 11) is 0. The third-order valence-electron chi connectivity index (χ3n) is 3.56. The van der Waals surface area contributed by atoms with E-state index in [-0.39, 0.29) is 11.9 Å². The number of aromatic nitrogens is 1. The van der Waals surface area contributed by atoms with E-state index >= 15 is 0 Å². The summed E-state index contributed by atoms with van der Waals surface area (Å²) in [5.74, 6) is -0.258. The molecule has 0 radical (unpaired) electrons. The number of hydrogen-bond acceptors (Lipinski definition) is 4. The molecule has 122 valence electrons. The van der Waals surface area contributed by atoms with Crippen molar-refractivity contribution in [3.8, 4) is 0 Å². The van der Waals surface area contributed by atoms with Crippen LogP contribution in [-0.4, -0.2) is 34.1 Å². The maximum Gasteiger partial charge on any atom is 0.410 e. The normalized spacial score (nSPS) is 15.7. The lowest BCUT2D eigenvalue weighted by molar-refractivity contribution is 0.0273. The number of carbonyl (C=O) groups excluding carboxylic acids is 1. The standard InChI is InChI=1S/C17H19FN2O2S/c1-17(2,3)22-16(21)20-9-5-6-11(10-20)14-12-7-4-8-13(18)15(12)23-19-14/h4,6-8H,5,9-10H2,1-3H3. The molecule has 4 nitrogen and oxygen atoms in total. The smallest absolute Gasteiger partial charge is 0.410 e. The van der Waals surface area contributed by atoms with Crippen LogP contribution in [0.15, 0.2) is 24.3 Å². The summed E-state index contributed by atoms with van der Waals surface area (Å²) < 4.78 is 24.2. The van der Waals surface area contributed by atoms with E-state index in [2.05, 4.69) is 10.4 Å². The molecule has 0 spiro atoms. The van der Waals surface area contributed by atoms with E-state index in [9.17, 15) is 9.18 Å². The first-order valence-corrected chi connectivity index (χ1v) is 8.34. The van der Waals surface area contributed by atoms with Gasteiger partial charge in [0, 0.05) is 11.9 Å². The van der Waals surface area contributed by atoms with Crippen molar-refractivity contribution in [2.75, 3.05) is 13.1 Å². The molecule has 0 unspecified atom stereocenters. The van der Waals surface area contributed by atoms with Gasteiger partial charge in [0.15, 0.2) is 0 Å². The molecule has 6 heteroatoms. The summed E-state index contributed by atoms with van der Waals surface area (Å²) >= 11 is 1.15. The van der Waals surface area contributed by atoms with E-state index < -0.39 is 5.60 Å². The molecule has 0 saturated heterocycles. The second kappa shape index (κ2) is 5.92. The summed E-state index contributed by atoms with van der Waals surface area (Å²) in [6.45, 7) is 6.60. The first kappa shape index (κ1) is 15.9. The average molecular weight is 334 g/mol. The van der Waals surface area contributed by atoms with Gasteiger partial charge in [-0.1, -0.05) is 18.2 Å². The minimum absolute atomic E-state index is 0.258. The Morgan fingerprint density at radius 3 is 2.91 bits per heavy atom. The highest BCUT2D eigenvalue weighted by molar-refractivity contribution is 7.13. The molecule has 0 fully saturated rings. The molecule has 3 rings (SSSR count). The summed E-state index contributed by atoms with van der Waals surface area (Å²) in [6, 6.07) is 4.99. The van der Waals surface area contributed by atoms with E-state index in [0.717, 1.165) is 34.6 Å². The second-order valence-corrected chi connectivity index (χ2v) is 7.34. The third kappa shape index (κ3) is 3.37. The lowest BCUT2D eigenvalue weighted by Crippen LogP contribution is -2.39. The summed E-state index contributed by atoms with van der Waals surface area (Å²) in [5.41, 5.74) is 1.19. The van der Waals surface area contributed by atoms with Crippen LogP contribution in [0.4, 0.5) is 9.18 Å². The molecule has 0 aliphatic carbocycles. The van der Waals surface area contributed by atoms with Crippen molar-refractivity contribution >= 4 is 33.3 Å². The van der Waals surface area contributed by atoms with E-state index in [0.29, 0.717) is 17.8 Å². The van der Waals surface area contributed by atoms with Crippen molar-refractivity contribution in [3.05, 3.63) is 35.8 Å². The van der Waals surface area contributed by atoms with Crippen molar-refractivity contribution in [1.29, 1.82) is 0 Å². The van der Waals surface area contributed by atoms with Gasteiger partial charge in [-0.05, 0) is 50.4 Å². The fourth-order valence-corrected chi connectivity index (χ4v) is 3.37. The largest absolute Gasteiger partial charge is 0.444 e. The van der Waals surface area contributed by atoms with Gasteiger partial charge in [-0.15, -0.1) is 0 Å². The number of hydrogen-bond donors (Lipinski definition) is 0. The number of nitrogens with zero attached hydrogens (tertiary/aromatic N) is 2. The molecule has 2 heterocycles. The third-order valence-corrected chi connectivity index (χ3v) is 4.43. The lowest BCUT2D eigenvalue weighted by atomic mass is 10.0. The molecule has 1 aromatic heterocycles. The molecular weight excluding hydrogens is 315 g/mol. The number of rotatable bonds is 1. The van der Waals surface area contributed by atoms with Gasteiger partial charge < -0.3 is 9.64 Å².